The third-order valence-electron chi connectivity index (χ3n) is 3.80. The van der Waals surface area contributed by atoms with E-state index in [1.165, 1.54) is 29.7 Å². The van der Waals surface area contributed by atoms with E-state index in [1.807, 2.05) is 12.1 Å². The first-order valence-electron chi connectivity index (χ1n) is 8.29. The lowest BCUT2D eigenvalue weighted by atomic mass is 10.2. The highest BCUT2D eigenvalue weighted by Gasteiger charge is 2.21. The fourth-order valence-corrected chi connectivity index (χ4v) is 3.51. The van der Waals surface area contributed by atoms with E-state index in [0.717, 1.165) is 4.90 Å². The molecule has 0 aliphatic carbocycles. The van der Waals surface area contributed by atoms with Crippen molar-refractivity contribution in [2.24, 2.45) is 0 Å². The molecule has 0 aliphatic heterocycles. The second-order valence-corrected chi connectivity index (χ2v) is 7.56. The maximum absolute atomic E-state index is 12.6. The van der Waals surface area contributed by atoms with E-state index < -0.39 is 5.97 Å². The first-order valence-corrected chi connectivity index (χ1v) is 9.17. The molecule has 27 heavy (non-hydrogen) atoms. The molecular weight excluding hydrogens is 368 g/mol. The second-order valence-electron chi connectivity index (χ2n) is 6.15. The monoisotopic (exact) mass is 390 g/mol. The quantitative estimate of drug-likeness (QED) is 0.703. The molecule has 0 radical (unpaired) electrons. The molecule has 1 aromatic heterocycles. The molecule has 2 N–H and O–H groups in total. The van der Waals surface area contributed by atoms with Crippen molar-refractivity contribution in [2.75, 3.05) is 12.4 Å². The number of carbonyl (C=O) groups is 3. The first kappa shape index (κ1) is 20.6. The number of carboxylic acid groups (broad SMARTS) is 1. The summed E-state index contributed by atoms with van der Waals surface area (Å²) in [6.07, 6.45) is 0. The SMILES string of the molecule is CC(=O)Nc1ccc(SC(C)C(=O)N(C)Cc2cc(C(=O)O)c(C)o2)cc1. The number of aryl methyl sites for hydroxylation is 1. The number of hydrogen-bond acceptors (Lipinski definition) is 5. The zero-order valence-electron chi connectivity index (χ0n) is 15.6. The molecule has 0 aliphatic rings. The number of benzene rings is 1. The number of hydrogen-bond donors (Lipinski definition) is 2. The summed E-state index contributed by atoms with van der Waals surface area (Å²) in [5.74, 6) is -0.544. The van der Waals surface area contributed by atoms with Gasteiger partial charge in [0.15, 0.2) is 0 Å². The third kappa shape index (κ3) is 5.62. The van der Waals surface area contributed by atoms with Crippen LogP contribution in [0, 0.1) is 6.92 Å². The van der Waals surface area contributed by atoms with Gasteiger partial charge in [-0.25, -0.2) is 4.79 Å². The van der Waals surface area contributed by atoms with Crippen molar-refractivity contribution in [1.29, 1.82) is 0 Å². The highest BCUT2D eigenvalue weighted by molar-refractivity contribution is 8.00. The van der Waals surface area contributed by atoms with E-state index in [4.69, 9.17) is 9.52 Å². The molecule has 2 amide bonds. The number of anilines is 1. The van der Waals surface area contributed by atoms with E-state index in [-0.39, 0.29) is 29.2 Å². The van der Waals surface area contributed by atoms with Crippen LogP contribution in [0.3, 0.4) is 0 Å². The van der Waals surface area contributed by atoms with E-state index in [2.05, 4.69) is 5.32 Å². The van der Waals surface area contributed by atoms with Crippen LogP contribution in [-0.4, -0.2) is 40.1 Å². The Labute approximate surface area is 161 Å². The number of nitrogens with one attached hydrogen (secondary N) is 1. The van der Waals surface area contributed by atoms with Crippen LogP contribution in [0.1, 0.15) is 35.7 Å². The fourth-order valence-electron chi connectivity index (χ4n) is 2.53. The van der Waals surface area contributed by atoms with Gasteiger partial charge in [-0.3, -0.25) is 9.59 Å². The molecule has 7 nitrogen and oxygen atoms in total. The van der Waals surface area contributed by atoms with E-state index in [1.54, 1.807) is 33.0 Å². The van der Waals surface area contributed by atoms with Gasteiger partial charge in [-0.2, -0.15) is 0 Å². The summed E-state index contributed by atoms with van der Waals surface area (Å²) in [4.78, 5) is 37.1. The van der Waals surface area contributed by atoms with Gasteiger partial charge in [0.05, 0.1) is 11.8 Å². The summed E-state index contributed by atoms with van der Waals surface area (Å²) < 4.78 is 5.42. The van der Waals surface area contributed by atoms with Crippen molar-refractivity contribution >= 4 is 35.2 Å². The van der Waals surface area contributed by atoms with Gasteiger partial charge in [0.1, 0.15) is 17.1 Å². The minimum atomic E-state index is -1.05. The second kappa shape index (κ2) is 8.77. The van der Waals surface area contributed by atoms with Gasteiger partial charge in [-0.15, -0.1) is 11.8 Å². The minimum Gasteiger partial charge on any atom is -0.478 e. The maximum Gasteiger partial charge on any atom is 0.339 e. The number of amides is 2. The Morgan fingerprint density at radius 1 is 1.26 bits per heavy atom. The van der Waals surface area contributed by atoms with Gasteiger partial charge in [0.25, 0.3) is 0 Å². The van der Waals surface area contributed by atoms with Crippen LogP contribution in [0.2, 0.25) is 0 Å². The summed E-state index contributed by atoms with van der Waals surface area (Å²) in [6, 6.07) is 8.69. The molecule has 1 heterocycles. The minimum absolute atomic E-state index is 0.100. The number of furan rings is 1. The average Bonchev–Trinajstić information content (AvgIpc) is 2.95. The van der Waals surface area contributed by atoms with E-state index >= 15 is 0 Å². The molecule has 1 unspecified atom stereocenters. The van der Waals surface area contributed by atoms with Crippen LogP contribution in [-0.2, 0) is 16.1 Å². The number of carbonyl (C=O) groups excluding carboxylic acids is 2. The lowest BCUT2D eigenvalue weighted by Crippen LogP contribution is -2.32. The summed E-state index contributed by atoms with van der Waals surface area (Å²) in [5, 5.41) is 11.4. The molecule has 0 spiro atoms. The van der Waals surface area contributed by atoms with Crippen LogP contribution in [0.15, 0.2) is 39.6 Å². The molecule has 0 fully saturated rings. The van der Waals surface area contributed by atoms with Crippen molar-refractivity contribution < 1.29 is 23.9 Å². The molecule has 0 saturated heterocycles. The summed E-state index contributed by atoms with van der Waals surface area (Å²) in [6.45, 7) is 5.03. The van der Waals surface area contributed by atoms with Crippen LogP contribution >= 0.6 is 11.8 Å². The predicted molar refractivity (Wildman–Crippen MR) is 103 cm³/mol. The Kier molecular flexibility index (Phi) is 6.68. The van der Waals surface area contributed by atoms with Crippen molar-refractivity contribution in [3.63, 3.8) is 0 Å². The lowest BCUT2D eigenvalue weighted by molar-refractivity contribution is -0.129. The van der Waals surface area contributed by atoms with Crippen molar-refractivity contribution in [1.82, 2.24) is 4.90 Å². The smallest absolute Gasteiger partial charge is 0.339 e. The standard InChI is InChI=1S/C19H22N2O5S/c1-11-17(19(24)25)9-15(26-11)10-21(4)18(23)12(2)27-16-7-5-14(6-8-16)20-13(3)22/h5-9,12H,10H2,1-4H3,(H,20,22)(H,24,25). The Hall–Kier alpha value is -2.74. The van der Waals surface area contributed by atoms with Crippen molar-refractivity contribution in [3.05, 3.63) is 47.4 Å². The molecule has 2 rings (SSSR count). The molecule has 0 bridgehead atoms. The lowest BCUT2D eigenvalue weighted by Gasteiger charge is -2.20. The zero-order chi connectivity index (χ0) is 20.1. The molecular formula is C19H22N2O5S. The Balaban J connectivity index is 1.96. The average molecular weight is 390 g/mol. The first-order chi connectivity index (χ1) is 12.7. The number of thioether (sulfide) groups is 1. The molecule has 8 heteroatoms. The largest absolute Gasteiger partial charge is 0.478 e. The van der Waals surface area contributed by atoms with Crippen molar-refractivity contribution in [2.45, 2.75) is 37.5 Å². The summed E-state index contributed by atoms with van der Waals surface area (Å²) in [7, 11) is 1.65. The highest BCUT2D eigenvalue weighted by Crippen LogP contribution is 2.26. The third-order valence-corrected chi connectivity index (χ3v) is 4.90. The van der Waals surface area contributed by atoms with E-state index in [9.17, 15) is 14.4 Å². The number of carboxylic acids is 1. The van der Waals surface area contributed by atoms with E-state index in [0.29, 0.717) is 17.2 Å². The predicted octanol–water partition coefficient (Wildman–Crippen LogP) is 3.38. The van der Waals surface area contributed by atoms with Crippen LogP contribution in [0.5, 0.6) is 0 Å². The van der Waals surface area contributed by atoms with Gasteiger partial charge < -0.3 is 19.7 Å². The number of aromatic carboxylic acids is 1. The number of nitrogens with zero attached hydrogens (tertiary/aromatic N) is 1. The van der Waals surface area contributed by atoms with Crippen LogP contribution in [0.25, 0.3) is 0 Å². The Morgan fingerprint density at radius 3 is 2.41 bits per heavy atom. The zero-order valence-corrected chi connectivity index (χ0v) is 16.4. The van der Waals surface area contributed by atoms with Gasteiger partial charge in [0.2, 0.25) is 11.8 Å². The molecule has 0 saturated carbocycles. The van der Waals surface area contributed by atoms with Gasteiger partial charge >= 0.3 is 5.97 Å². The number of rotatable bonds is 7. The molecule has 2 aromatic rings. The summed E-state index contributed by atoms with van der Waals surface area (Å²) in [5.41, 5.74) is 0.804. The summed E-state index contributed by atoms with van der Waals surface area (Å²) >= 11 is 1.40. The normalized spacial score (nSPS) is 11.7. The molecule has 1 atom stereocenters. The maximum atomic E-state index is 12.6. The topological polar surface area (TPSA) is 99.9 Å². The molecule has 1 aromatic carbocycles. The van der Waals surface area contributed by atoms with Gasteiger partial charge in [-0.1, -0.05) is 0 Å². The van der Waals surface area contributed by atoms with Crippen molar-refractivity contribution in [3.8, 4) is 0 Å². The Morgan fingerprint density at radius 2 is 1.89 bits per heavy atom. The van der Waals surface area contributed by atoms with Gasteiger partial charge in [-0.05, 0) is 44.2 Å². The highest BCUT2D eigenvalue weighted by atomic mass is 32.2. The van der Waals surface area contributed by atoms with Crippen LogP contribution < -0.4 is 5.32 Å². The fraction of sp³-hybridized carbons (Fsp3) is 0.316. The molecule has 144 valence electrons. The van der Waals surface area contributed by atoms with Gasteiger partial charge in [0, 0.05) is 24.6 Å². The Bertz CT molecular complexity index is 844. The van der Waals surface area contributed by atoms with Crippen LogP contribution in [0.4, 0.5) is 5.69 Å².